The molecule has 2 aromatic rings. The van der Waals surface area contributed by atoms with Crippen molar-refractivity contribution in [3.63, 3.8) is 0 Å². The van der Waals surface area contributed by atoms with Gasteiger partial charge in [-0.15, -0.1) is 0 Å². The molecule has 2 heterocycles. The lowest BCUT2D eigenvalue weighted by Gasteiger charge is -2.33. The Morgan fingerprint density at radius 3 is 2.52 bits per heavy atom. The van der Waals surface area contributed by atoms with E-state index in [0.29, 0.717) is 10.2 Å². The second kappa shape index (κ2) is 5.25. The monoisotopic (exact) mass is 329 g/mol. The fraction of sp³-hybridized carbons (Fsp3) is 0.286. The Morgan fingerprint density at radius 1 is 1.30 bits per heavy atom. The Labute approximate surface area is 127 Å². The molecule has 0 radical (unpaired) electrons. The van der Waals surface area contributed by atoms with Crippen LogP contribution in [0, 0.1) is 5.82 Å². The molecule has 9 heteroatoms. The zero-order valence-corrected chi connectivity index (χ0v) is 11.5. The van der Waals surface area contributed by atoms with Gasteiger partial charge in [0.25, 0.3) is 0 Å². The molecule has 0 aliphatic carbocycles. The Bertz CT molecular complexity index is 739. The summed E-state index contributed by atoms with van der Waals surface area (Å²) < 4.78 is 53.5. The quantitative estimate of drug-likeness (QED) is 0.829. The third-order valence-electron chi connectivity index (χ3n) is 3.68. The highest BCUT2D eigenvalue weighted by Crippen LogP contribution is 2.43. The van der Waals surface area contributed by atoms with Crippen LogP contribution in [0.25, 0.3) is 0 Å². The van der Waals surface area contributed by atoms with Crippen molar-refractivity contribution < 1.29 is 27.5 Å². The molecule has 1 aromatic heterocycles. The first-order valence-electron chi connectivity index (χ1n) is 6.67. The van der Waals surface area contributed by atoms with Crippen molar-refractivity contribution in [2.75, 3.05) is 5.32 Å². The zero-order chi connectivity index (χ0) is 16.8. The molecule has 0 bridgehead atoms. The van der Waals surface area contributed by atoms with Crippen molar-refractivity contribution >= 4 is 11.8 Å². The fourth-order valence-electron chi connectivity index (χ4n) is 2.59. The fourth-order valence-corrected chi connectivity index (χ4v) is 2.59. The summed E-state index contributed by atoms with van der Waals surface area (Å²) in [6.07, 6.45) is -4.96. The SMILES string of the molecule is O=C(O)c1cc2n(n1)[C@@H](C(F)(F)F)C[C@H](c1ccc(F)cc1)N2. The molecule has 122 valence electrons. The molecule has 1 aliphatic heterocycles. The minimum atomic E-state index is -4.59. The molecule has 1 aliphatic rings. The Balaban J connectivity index is 2.01. The molecular formula is C14H11F4N3O2. The summed E-state index contributed by atoms with van der Waals surface area (Å²) in [5.74, 6) is -1.94. The highest BCUT2D eigenvalue weighted by atomic mass is 19.4. The van der Waals surface area contributed by atoms with Crippen LogP contribution in [-0.4, -0.2) is 27.0 Å². The number of nitrogens with one attached hydrogen (secondary N) is 1. The topological polar surface area (TPSA) is 67.1 Å². The highest BCUT2D eigenvalue weighted by Gasteiger charge is 2.46. The predicted molar refractivity (Wildman–Crippen MR) is 71.7 cm³/mol. The van der Waals surface area contributed by atoms with Gasteiger partial charge >= 0.3 is 12.1 Å². The van der Waals surface area contributed by atoms with Gasteiger partial charge in [0.15, 0.2) is 11.7 Å². The minimum Gasteiger partial charge on any atom is -0.476 e. The van der Waals surface area contributed by atoms with Crippen LogP contribution >= 0.6 is 0 Å². The third-order valence-corrected chi connectivity index (χ3v) is 3.68. The number of carboxylic acid groups (broad SMARTS) is 1. The second-order valence-electron chi connectivity index (χ2n) is 5.21. The van der Waals surface area contributed by atoms with Gasteiger partial charge in [0, 0.05) is 12.5 Å². The molecule has 0 spiro atoms. The minimum absolute atomic E-state index is 0.0368. The van der Waals surface area contributed by atoms with Crippen molar-refractivity contribution in [2.24, 2.45) is 0 Å². The number of alkyl halides is 3. The van der Waals surface area contributed by atoms with Crippen LogP contribution in [0.5, 0.6) is 0 Å². The molecule has 1 aromatic carbocycles. The Morgan fingerprint density at radius 2 is 1.96 bits per heavy atom. The Kier molecular flexibility index (Phi) is 3.50. The van der Waals surface area contributed by atoms with Gasteiger partial charge in [-0.25, -0.2) is 13.9 Å². The summed E-state index contributed by atoms with van der Waals surface area (Å²) in [7, 11) is 0. The summed E-state index contributed by atoms with van der Waals surface area (Å²) >= 11 is 0. The van der Waals surface area contributed by atoms with Gasteiger partial charge in [-0.1, -0.05) is 12.1 Å². The van der Waals surface area contributed by atoms with Gasteiger partial charge in [-0.05, 0) is 17.7 Å². The van der Waals surface area contributed by atoms with Gasteiger partial charge in [-0.3, -0.25) is 0 Å². The van der Waals surface area contributed by atoms with E-state index in [0.717, 1.165) is 18.2 Å². The van der Waals surface area contributed by atoms with E-state index in [1.807, 2.05) is 0 Å². The van der Waals surface area contributed by atoms with Crippen LogP contribution in [0.2, 0.25) is 0 Å². The van der Waals surface area contributed by atoms with Gasteiger partial charge < -0.3 is 10.4 Å². The maximum Gasteiger partial charge on any atom is 0.410 e. The van der Waals surface area contributed by atoms with Crippen molar-refractivity contribution in [3.8, 4) is 0 Å². The first kappa shape index (κ1) is 15.3. The van der Waals surface area contributed by atoms with Gasteiger partial charge in [0.2, 0.25) is 0 Å². The van der Waals surface area contributed by atoms with Crippen LogP contribution in [0.3, 0.4) is 0 Å². The summed E-state index contributed by atoms with van der Waals surface area (Å²) in [6.45, 7) is 0. The molecular weight excluding hydrogens is 318 g/mol. The van der Waals surface area contributed by atoms with E-state index in [1.54, 1.807) is 0 Å². The van der Waals surface area contributed by atoms with Crippen LogP contribution in [-0.2, 0) is 0 Å². The van der Waals surface area contributed by atoms with Crippen LogP contribution < -0.4 is 5.32 Å². The highest BCUT2D eigenvalue weighted by molar-refractivity contribution is 5.86. The van der Waals surface area contributed by atoms with Gasteiger partial charge in [-0.2, -0.15) is 18.3 Å². The average molecular weight is 329 g/mol. The molecule has 0 fully saturated rings. The summed E-state index contributed by atoms with van der Waals surface area (Å²) in [4.78, 5) is 10.9. The number of rotatable bonds is 2. The standard InChI is InChI=1S/C14H11F4N3O2/c15-8-3-1-7(2-4-8)9-5-11(14(16,17)18)21-12(19-9)6-10(20-21)13(22)23/h1-4,6,9,11,19H,5H2,(H,22,23)/t9-,11-/m1/s1. The molecule has 2 N–H and O–H groups in total. The van der Waals surface area contributed by atoms with Gasteiger partial charge in [0.05, 0.1) is 6.04 Å². The number of benzene rings is 1. The molecule has 0 saturated heterocycles. The molecule has 5 nitrogen and oxygen atoms in total. The van der Waals surface area contributed by atoms with Crippen molar-refractivity contribution in [1.82, 2.24) is 9.78 Å². The number of hydrogen-bond donors (Lipinski definition) is 2. The van der Waals surface area contributed by atoms with Crippen molar-refractivity contribution in [2.45, 2.75) is 24.7 Å². The van der Waals surface area contributed by atoms with E-state index in [2.05, 4.69) is 10.4 Å². The third kappa shape index (κ3) is 2.86. The molecule has 0 unspecified atom stereocenters. The number of aromatic carboxylic acids is 1. The molecule has 23 heavy (non-hydrogen) atoms. The summed E-state index contributed by atoms with van der Waals surface area (Å²) in [6, 6.07) is 3.48. The normalized spacial score (nSPS) is 20.7. The zero-order valence-electron chi connectivity index (χ0n) is 11.5. The lowest BCUT2D eigenvalue weighted by molar-refractivity contribution is -0.173. The van der Waals surface area contributed by atoms with Crippen LogP contribution in [0.4, 0.5) is 23.4 Å². The summed E-state index contributed by atoms with van der Waals surface area (Å²) in [5, 5.41) is 15.2. The van der Waals surface area contributed by atoms with Crippen molar-refractivity contribution in [1.29, 1.82) is 0 Å². The van der Waals surface area contributed by atoms with Crippen LogP contribution in [0.15, 0.2) is 30.3 Å². The number of hydrogen-bond acceptors (Lipinski definition) is 3. The summed E-state index contributed by atoms with van der Waals surface area (Å²) in [5.41, 5.74) is 0.00600. The molecule has 2 atom stereocenters. The average Bonchev–Trinajstić information content (AvgIpc) is 2.90. The first-order chi connectivity index (χ1) is 10.8. The van der Waals surface area contributed by atoms with E-state index in [1.165, 1.54) is 12.1 Å². The van der Waals surface area contributed by atoms with E-state index in [-0.39, 0.29) is 12.2 Å². The van der Waals surface area contributed by atoms with Crippen LogP contribution in [0.1, 0.15) is 34.6 Å². The number of carboxylic acids is 1. The number of anilines is 1. The van der Waals surface area contributed by atoms with E-state index >= 15 is 0 Å². The second-order valence-corrected chi connectivity index (χ2v) is 5.21. The molecule has 0 amide bonds. The maximum absolute atomic E-state index is 13.3. The number of nitrogens with zero attached hydrogens (tertiary/aromatic N) is 2. The number of carbonyl (C=O) groups is 1. The number of aromatic nitrogens is 2. The lowest BCUT2D eigenvalue weighted by atomic mass is 9.97. The maximum atomic E-state index is 13.3. The van der Waals surface area contributed by atoms with E-state index < -0.39 is 35.7 Å². The van der Waals surface area contributed by atoms with Crippen molar-refractivity contribution in [3.05, 3.63) is 47.4 Å². The smallest absolute Gasteiger partial charge is 0.410 e. The van der Waals surface area contributed by atoms with E-state index in [4.69, 9.17) is 5.11 Å². The molecule has 0 saturated carbocycles. The Hall–Kier alpha value is -2.58. The van der Waals surface area contributed by atoms with E-state index in [9.17, 15) is 22.4 Å². The molecule has 3 rings (SSSR count). The number of fused-ring (bicyclic) bond motifs is 1. The number of halogens is 4. The first-order valence-corrected chi connectivity index (χ1v) is 6.67. The largest absolute Gasteiger partial charge is 0.476 e. The predicted octanol–water partition coefficient (Wildman–Crippen LogP) is 3.38. The van der Waals surface area contributed by atoms with Gasteiger partial charge in [0.1, 0.15) is 11.6 Å². The lowest BCUT2D eigenvalue weighted by Crippen LogP contribution is -2.35.